The Morgan fingerprint density at radius 3 is 0.800 bits per heavy atom. The second-order valence-electron chi connectivity index (χ2n) is 7.11. The molecule has 0 amide bonds. The topological polar surface area (TPSA) is 149 Å². The lowest BCUT2D eigenvalue weighted by atomic mass is 10.1. The van der Waals surface area contributed by atoms with Gasteiger partial charge in [0, 0.05) is 25.7 Å². The van der Waals surface area contributed by atoms with Crippen LogP contribution in [0.3, 0.4) is 0 Å². The highest BCUT2D eigenvalue weighted by Crippen LogP contribution is 2.05. The lowest BCUT2D eigenvalue weighted by Gasteiger charge is -1.95. The summed E-state index contributed by atoms with van der Waals surface area (Å²) in [4.78, 5) is 39.9. The summed E-state index contributed by atoms with van der Waals surface area (Å²) in [5.74, 6) is -3.08. The molecule has 178 valence electrons. The molecule has 8 nitrogen and oxygen atoms in total. The Morgan fingerprint density at radius 2 is 0.600 bits per heavy atom. The van der Waals surface area contributed by atoms with Crippen molar-refractivity contribution in [1.82, 2.24) is 0 Å². The largest absolute Gasteiger partial charge is 0.481 e. The van der Waals surface area contributed by atoms with E-state index in [-0.39, 0.29) is 12.8 Å². The van der Waals surface area contributed by atoms with Gasteiger partial charge in [0.15, 0.2) is 0 Å². The average molecular weight is 435 g/mol. The zero-order valence-corrected chi connectivity index (χ0v) is 18.7. The van der Waals surface area contributed by atoms with Crippen molar-refractivity contribution in [2.75, 3.05) is 0 Å². The quantitative estimate of drug-likeness (QED) is 0.217. The number of carbonyl (C=O) groups is 4. The first-order chi connectivity index (χ1) is 14.2. The van der Waals surface area contributed by atoms with Crippen LogP contribution in [-0.2, 0) is 19.2 Å². The van der Waals surface area contributed by atoms with Gasteiger partial charge in [-0.3, -0.25) is 19.2 Å². The highest BCUT2D eigenvalue weighted by Gasteiger charge is 1.99. The Balaban J connectivity index is -0.000000364. The van der Waals surface area contributed by atoms with Gasteiger partial charge in [0.2, 0.25) is 0 Å². The molecule has 0 aromatic carbocycles. The van der Waals surface area contributed by atoms with E-state index in [4.69, 9.17) is 20.4 Å². The maximum Gasteiger partial charge on any atom is 0.303 e. The zero-order valence-electron chi connectivity index (χ0n) is 18.7. The van der Waals surface area contributed by atoms with E-state index in [0.717, 1.165) is 25.7 Å². The summed E-state index contributed by atoms with van der Waals surface area (Å²) >= 11 is 0. The van der Waals surface area contributed by atoms with Crippen LogP contribution in [0.15, 0.2) is 0 Å². The Labute approximate surface area is 180 Å². The minimum absolute atomic E-state index is 0.0628. The van der Waals surface area contributed by atoms with Crippen molar-refractivity contribution in [3.05, 3.63) is 0 Å². The van der Waals surface area contributed by atoms with Crippen molar-refractivity contribution in [1.29, 1.82) is 0 Å². The van der Waals surface area contributed by atoms with Crippen molar-refractivity contribution >= 4 is 23.9 Å². The molecule has 0 saturated carbocycles. The van der Waals surface area contributed by atoms with Crippen LogP contribution >= 0.6 is 0 Å². The van der Waals surface area contributed by atoms with Gasteiger partial charge in [-0.25, -0.2) is 0 Å². The van der Waals surface area contributed by atoms with Crippen molar-refractivity contribution < 1.29 is 39.6 Å². The first kappa shape index (κ1) is 32.5. The Bertz CT molecular complexity index is 395. The van der Waals surface area contributed by atoms with Gasteiger partial charge in [0.05, 0.1) is 0 Å². The van der Waals surface area contributed by atoms with Crippen LogP contribution < -0.4 is 0 Å². The molecule has 0 spiro atoms. The van der Waals surface area contributed by atoms with Gasteiger partial charge in [-0.15, -0.1) is 0 Å². The zero-order chi connectivity index (χ0) is 23.6. The lowest BCUT2D eigenvalue weighted by Crippen LogP contribution is -1.97. The molecule has 0 rings (SSSR count). The molecular weight excluding hydrogens is 392 g/mol. The molecular formula is C22H42O8. The second kappa shape index (κ2) is 26.9. The fourth-order valence-corrected chi connectivity index (χ4v) is 2.31. The highest BCUT2D eigenvalue weighted by atomic mass is 16.4. The molecule has 0 atom stereocenters. The summed E-state index contributed by atoms with van der Waals surface area (Å²) in [6.45, 7) is 4.30. The third-order valence-electron chi connectivity index (χ3n) is 4.02. The highest BCUT2D eigenvalue weighted by molar-refractivity contribution is 5.68. The summed E-state index contributed by atoms with van der Waals surface area (Å²) in [7, 11) is 0. The predicted molar refractivity (Wildman–Crippen MR) is 116 cm³/mol. The van der Waals surface area contributed by atoms with Crippen LogP contribution in [0.2, 0.25) is 0 Å². The van der Waals surface area contributed by atoms with Crippen LogP contribution in [0.25, 0.3) is 0 Å². The Kier molecular flexibility index (Phi) is 29.2. The molecule has 0 fully saturated rings. The molecule has 0 unspecified atom stereocenters. The molecule has 30 heavy (non-hydrogen) atoms. The number of carboxylic acid groups (broad SMARTS) is 4. The van der Waals surface area contributed by atoms with E-state index in [1.54, 1.807) is 0 Å². The van der Waals surface area contributed by atoms with E-state index in [9.17, 15) is 19.2 Å². The Morgan fingerprint density at radius 1 is 0.400 bits per heavy atom. The SMILES string of the molecule is CCCCCCCC(=O)O.CCCCCCCC(=O)O.O=C(O)CCCCC(=O)O. The normalized spacial score (nSPS) is 9.53. The predicted octanol–water partition coefficient (Wildman–Crippen LogP) is 5.58. The standard InChI is InChI=1S/2C8H16O2.C6H10O4/c2*1-2-3-4-5-6-7-8(9)10;7-5(8)3-1-2-4-6(9)10/h2*2-7H2,1H3,(H,9,10);1-4H2,(H,7,8)(H,9,10). The smallest absolute Gasteiger partial charge is 0.303 e. The number of rotatable bonds is 17. The molecule has 0 aliphatic carbocycles. The average Bonchev–Trinajstić information content (AvgIpc) is 2.65. The first-order valence-corrected chi connectivity index (χ1v) is 11.0. The number of unbranched alkanes of at least 4 members (excludes halogenated alkanes) is 9. The van der Waals surface area contributed by atoms with Crippen molar-refractivity contribution in [3.8, 4) is 0 Å². The van der Waals surface area contributed by atoms with Crippen LogP contribution in [0.1, 0.15) is 117 Å². The minimum atomic E-state index is -0.870. The van der Waals surface area contributed by atoms with Crippen molar-refractivity contribution in [2.24, 2.45) is 0 Å². The van der Waals surface area contributed by atoms with Gasteiger partial charge in [0.25, 0.3) is 0 Å². The summed E-state index contributed by atoms with van der Waals surface area (Å²) in [5, 5.41) is 32.8. The van der Waals surface area contributed by atoms with Gasteiger partial charge in [-0.2, -0.15) is 0 Å². The molecule has 0 radical (unpaired) electrons. The molecule has 0 heterocycles. The van der Waals surface area contributed by atoms with Crippen LogP contribution in [0.4, 0.5) is 0 Å². The van der Waals surface area contributed by atoms with E-state index < -0.39 is 23.9 Å². The molecule has 4 N–H and O–H groups in total. The van der Waals surface area contributed by atoms with E-state index >= 15 is 0 Å². The summed E-state index contributed by atoms with van der Waals surface area (Å²) in [6, 6.07) is 0. The van der Waals surface area contributed by atoms with Gasteiger partial charge in [-0.1, -0.05) is 65.2 Å². The number of aliphatic carboxylic acids is 4. The molecule has 0 aliphatic rings. The van der Waals surface area contributed by atoms with Gasteiger partial charge < -0.3 is 20.4 Å². The van der Waals surface area contributed by atoms with Crippen LogP contribution in [0.5, 0.6) is 0 Å². The summed E-state index contributed by atoms with van der Waals surface area (Å²) in [6.07, 6.45) is 12.8. The first-order valence-electron chi connectivity index (χ1n) is 11.0. The monoisotopic (exact) mass is 434 g/mol. The summed E-state index contributed by atoms with van der Waals surface area (Å²) in [5.41, 5.74) is 0. The molecule has 0 aromatic heterocycles. The summed E-state index contributed by atoms with van der Waals surface area (Å²) < 4.78 is 0. The van der Waals surface area contributed by atoms with Gasteiger partial charge in [0.1, 0.15) is 0 Å². The maximum absolute atomic E-state index is 10.0. The minimum Gasteiger partial charge on any atom is -0.481 e. The molecule has 0 bridgehead atoms. The van der Waals surface area contributed by atoms with Crippen LogP contribution in [-0.4, -0.2) is 44.3 Å². The Hall–Kier alpha value is -2.12. The van der Waals surface area contributed by atoms with E-state index in [0.29, 0.717) is 25.7 Å². The van der Waals surface area contributed by atoms with Crippen LogP contribution in [0, 0.1) is 0 Å². The fourth-order valence-electron chi connectivity index (χ4n) is 2.31. The lowest BCUT2D eigenvalue weighted by molar-refractivity contribution is -0.139. The maximum atomic E-state index is 10.0. The van der Waals surface area contributed by atoms with Crippen molar-refractivity contribution in [2.45, 2.75) is 117 Å². The molecule has 0 aliphatic heterocycles. The van der Waals surface area contributed by atoms with E-state index in [2.05, 4.69) is 13.8 Å². The fraction of sp³-hybridized carbons (Fsp3) is 0.818. The third kappa shape index (κ3) is 44.9. The molecule has 0 aromatic rings. The number of carboxylic acids is 4. The van der Waals surface area contributed by atoms with E-state index in [1.807, 2.05) is 0 Å². The second-order valence-corrected chi connectivity index (χ2v) is 7.11. The molecule has 8 heteroatoms. The van der Waals surface area contributed by atoms with Crippen molar-refractivity contribution in [3.63, 3.8) is 0 Å². The van der Waals surface area contributed by atoms with E-state index in [1.165, 1.54) is 38.5 Å². The van der Waals surface area contributed by atoms with Gasteiger partial charge >= 0.3 is 23.9 Å². The number of hydrogen-bond donors (Lipinski definition) is 4. The molecule has 0 saturated heterocycles. The van der Waals surface area contributed by atoms with Gasteiger partial charge in [-0.05, 0) is 25.7 Å². The third-order valence-corrected chi connectivity index (χ3v) is 4.02. The number of hydrogen-bond acceptors (Lipinski definition) is 4.